The van der Waals surface area contributed by atoms with E-state index >= 15 is 0 Å². The van der Waals surface area contributed by atoms with E-state index in [2.05, 4.69) is 14.4 Å². The first-order valence-corrected chi connectivity index (χ1v) is 12.0. The number of ether oxygens (including phenoxy) is 1. The van der Waals surface area contributed by atoms with Crippen molar-refractivity contribution in [3.63, 3.8) is 0 Å². The third kappa shape index (κ3) is 4.50. The number of sulfonamides is 1. The minimum Gasteiger partial charge on any atom is -0.496 e. The number of pyridine rings is 1. The maximum atomic E-state index is 12.9. The van der Waals surface area contributed by atoms with Gasteiger partial charge in [-0.3, -0.25) is 9.67 Å². The van der Waals surface area contributed by atoms with Crippen molar-refractivity contribution in [1.29, 1.82) is 0 Å². The normalized spacial score (nSPS) is 14.8. The highest BCUT2D eigenvalue weighted by atomic mass is 32.2. The van der Waals surface area contributed by atoms with E-state index in [0.29, 0.717) is 17.5 Å². The van der Waals surface area contributed by atoms with Gasteiger partial charge in [-0.15, -0.1) is 0 Å². The third-order valence-corrected chi connectivity index (χ3v) is 7.21. The summed E-state index contributed by atoms with van der Waals surface area (Å²) >= 11 is 0. The van der Waals surface area contributed by atoms with E-state index in [-0.39, 0.29) is 11.4 Å². The number of rotatable bonds is 7. The summed E-state index contributed by atoms with van der Waals surface area (Å²) in [5, 5.41) is 4.78. The highest BCUT2D eigenvalue weighted by Crippen LogP contribution is 2.33. The zero-order valence-electron chi connectivity index (χ0n) is 18.1. The number of hydrogen-bond donors (Lipinski definition) is 1. The fraction of sp³-hybridized carbons (Fsp3) is 0.391. The number of nitrogens with zero attached hydrogens (tertiary/aromatic N) is 3. The molecule has 0 saturated heterocycles. The molecule has 2 heterocycles. The lowest BCUT2D eigenvalue weighted by Crippen LogP contribution is -2.24. The lowest BCUT2D eigenvalue weighted by Gasteiger charge is -2.14. The summed E-state index contributed by atoms with van der Waals surface area (Å²) in [6.45, 7) is 3.81. The van der Waals surface area contributed by atoms with Crippen LogP contribution in [0, 0.1) is 13.8 Å². The van der Waals surface area contributed by atoms with Crippen LogP contribution in [0.25, 0.3) is 11.3 Å². The maximum absolute atomic E-state index is 12.9. The molecule has 7 nitrogen and oxygen atoms in total. The van der Waals surface area contributed by atoms with Crippen molar-refractivity contribution < 1.29 is 13.2 Å². The van der Waals surface area contributed by atoms with Crippen LogP contribution in [0.5, 0.6) is 5.75 Å². The maximum Gasteiger partial charge on any atom is 0.240 e. The molecule has 0 aliphatic heterocycles. The van der Waals surface area contributed by atoms with Crippen LogP contribution in [0.15, 0.2) is 47.6 Å². The van der Waals surface area contributed by atoms with Gasteiger partial charge in [0, 0.05) is 18.0 Å². The molecule has 1 aliphatic carbocycles. The molecule has 0 spiro atoms. The van der Waals surface area contributed by atoms with E-state index in [9.17, 15) is 8.42 Å². The molecule has 1 saturated carbocycles. The van der Waals surface area contributed by atoms with Crippen molar-refractivity contribution in [2.75, 3.05) is 7.11 Å². The van der Waals surface area contributed by atoms with Crippen LogP contribution in [0.2, 0.25) is 0 Å². The van der Waals surface area contributed by atoms with Crippen molar-refractivity contribution >= 4 is 10.0 Å². The summed E-state index contributed by atoms with van der Waals surface area (Å²) in [6, 6.07) is 9.50. The van der Waals surface area contributed by atoms with Gasteiger partial charge in [0.2, 0.25) is 10.0 Å². The van der Waals surface area contributed by atoms with Gasteiger partial charge in [-0.1, -0.05) is 12.8 Å². The molecule has 1 N–H and O–H groups in total. The standard InChI is InChI=1S/C23H28N4O3S/c1-16-12-21(13-17(2)23(16)30-3)31(28,29)25-15-19-14-22(18-8-10-24-11-9-18)27(26-19)20-6-4-5-7-20/h8-14,20,25H,4-7,15H2,1-3H3. The van der Waals surface area contributed by atoms with E-state index in [0.717, 1.165) is 35.2 Å². The zero-order chi connectivity index (χ0) is 22.0. The Morgan fingerprint density at radius 3 is 2.35 bits per heavy atom. The summed E-state index contributed by atoms with van der Waals surface area (Å²) in [7, 11) is -2.09. The van der Waals surface area contributed by atoms with E-state index < -0.39 is 10.0 Å². The number of aryl methyl sites for hydroxylation is 2. The van der Waals surface area contributed by atoms with Crippen LogP contribution < -0.4 is 9.46 Å². The van der Waals surface area contributed by atoms with Crippen molar-refractivity contribution in [2.24, 2.45) is 0 Å². The van der Waals surface area contributed by atoms with Crippen LogP contribution in [0.3, 0.4) is 0 Å². The van der Waals surface area contributed by atoms with Gasteiger partial charge in [-0.2, -0.15) is 5.10 Å². The average Bonchev–Trinajstić information content (AvgIpc) is 3.42. The second-order valence-electron chi connectivity index (χ2n) is 8.05. The molecule has 8 heteroatoms. The van der Waals surface area contributed by atoms with E-state index in [1.807, 2.05) is 32.0 Å². The molecule has 31 heavy (non-hydrogen) atoms. The molecular formula is C23H28N4O3S. The Balaban J connectivity index is 1.60. The quantitative estimate of drug-likeness (QED) is 0.596. The average molecular weight is 441 g/mol. The Hall–Kier alpha value is -2.71. The molecule has 3 aromatic rings. The minimum atomic E-state index is -3.68. The Morgan fingerprint density at radius 2 is 1.74 bits per heavy atom. The Labute approximate surface area is 183 Å². The molecule has 1 aromatic carbocycles. The first-order valence-electron chi connectivity index (χ1n) is 10.5. The molecule has 0 unspecified atom stereocenters. The van der Waals surface area contributed by atoms with Crippen LogP contribution in [-0.2, 0) is 16.6 Å². The van der Waals surface area contributed by atoms with Crippen molar-refractivity contribution in [2.45, 2.75) is 57.0 Å². The summed E-state index contributed by atoms with van der Waals surface area (Å²) in [5.74, 6) is 0.705. The second-order valence-corrected chi connectivity index (χ2v) is 9.82. The van der Waals surface area contributed by atoms with E-state index in [1.165, 1.54) is 12.8 Å². The first kappa shape index (κ1) is 21.5. The largest absolute Gasteiger partial charge is 0.496 e. The van der Waals surface area contributed by atoms with Crippen molar-refractivity contribution in [3.8, 4) is 17.0 Å². The summed E-state index contributed by atoms with van der Waals surface area (Å²) in [4.78, 5) is 4.33. The molecule has 1 aliphatic rings. The Bertz CT molecular complexity index is 1140. The number of nitrogens with one attached hydrogen (secondary N) is 1. The minimum absolute atomic E-state index is 0.129. The molecule has 0 amide bonds. The third-order valence-electron chi connectivity index (χ3n) is 5.82. The van der Waals surface area contributed by atoms with E-state index in [4.69, 9.17) is 9.84 Å². The predicted molar refractivity (Wildman–Crippen MR) is 119 cm³/mol. The predicted octanol–water partition coefficient (Wildman–Crippen LogP) is 4.16. The lowest BCUT2D eigenvalue weighted by molar-refractivity contribution is 0.408. The van der Waals surface area contributed by atoms with Gasteiger partial charge in [0.25, 0.3) is 0 Å². The molecule has 4 rings (SSSR count). The van der Waals surface area contributed by atoms with Gasteiger partial charge < -0.3 is 4.74 Å². The number of methoxy groups -OCH3 is 1. The lowest BCUT2D eigenvalue weighted by atomic mass is 10.1. The van der Waals surface area contributed by atoms with Gasteiger partial charge in [-0.05, 0) is 68.1 Å². The first-order chi connectivity index (χ1) is 14.9. The smallest absolute Gasteiger partial charge is 0.240 e. The van der Waals surface area contributed by atoms with Crippen LogP contribution in [0.4, 0.5) is 0 Å². The molecule has 0 bridgehead atoms. The second kappa shape index (κ2) is 8.80. The van der Waals surface area contributed by atoms with Crippen LogP contribution in [-0.4, -0.2) is 30.3 Å². The Kier molecular flexibility index (Phi) is 6.11. The molecular weight excluding hydrogens is 412 g/mol. The van der Waals surface area contributed by atoms with Gasteiger partial charge >= 0.3 is 0 Å². The van der Waals surface area contributed by atoms with Crippen LogP contribution in [0.1, 0.15) is 48.5 Å². The summed E-state index contributed by atoms with van der Waals surface area (Å²) < 4.78 is 36.0. The number of hydrogen-bond acceptors (Lipinski definition) is 5. The fourth-order valence-electron chi connectivity index (χ4n) is 4.34. The number of benzene rings is 1. The fourth-order valence-corrected chi connectivity index (χ4v) is 5.51. The van der Waals surface area contributed by atoms with Gasteiger partial charge in [0.05, 0.1) is 36.0 Å². The highest BCUT2D eigenvalue weighted by molar-refractivity contribution is 7.89. The molecule has 2 aromatic heterocycles. The molecule has 164 valence electrons. The van der Waals surface area contributed by atoms with Crippen LogP contribution >= 0.6 is 0 Å². The van der Waals surface area contributed by atoms with E-state index in [1.54, 1.807) is 31.6 Å². The molecule has 0 radical (unpaired) electrons. The zero-order valence-corrected chi connectivity index (χ0v) is 18.9. The SMILES string of the molecule is COc1c(C)cc(S(=O)(=O)NCc2cc(-c3ccncc3)n(C3CCCC3)n2)cc1C. The van der Waals surface area contributed by atoms with Gasteiger partial charge in [-0.25, -0.2) is 13.1 Å². The highest BCUT2D eigenvalue weighted by Gasteiger charge is 2.23. The van der Waals surface area contributed by atoms with Crippen molar-refractivity contribution in [3.05, 3.63) is 59.5 Å². The van der Waals surface area contributed by atoms with Gasteiger partial charge in [0.15, 0.2) is 0 Å². The molecule has 0 atom stereocenters. The molecule has 1 fully saturated rings. The summed E-state index contributed by atoms with van der Waals surface area (Å²) in [6.07, 6.45) is 8.09. The van der Waals surface area contributed by atoms with Crippen molar-refractivity contribution in [1.82, 2.24) is 19.5 Å². The topological polar surface area (TPSA) is 86.1 Å². The Morgan fingerprint density at radius 1 is 1.10 bits per heavy atom. The monoisotopic (exact) mass is 440 g/mol. The number of aromatic nitrogens is 3. The van der Waals surface area contributed by atoms with Gasteiger partial charge in [0.1, 0.15) is 5.75 Å². The summed E-state index contributed by atoms with van der Waals surface area (Å²) in [5.41, 5.74) is 4.30.